The van der Waals surface area contributed by atoms with Gasteiger partial charge in [0.05, 0.1) is 13.3 Å². The summed E-state index contributed by atoms with van der Waals surface area (Å²) in [6.45, 7) is 5.71. The van der Waals surface area contributed by atoms with E-state index in [0.29, 0.717) is 11.3 Å². The number of carbonyl (C=O) groups excluding carboxylic acids is 3. The van der Waals surface area contributed by atoms with Crippen LogP contribution in [0.3, 0.4) is 0 Å². The molecule has 1 aliphatic rings. The fourth-order valence-corrected chi connectivity index (χ4v) is 4.73. The number of benzene rings is 1. The number of carbonyl (C=O) groups is 3. The number of hydrogen-bond acceptors (Lipinski definition) is 9. The lowest BCUT2D eigenvalue weighted by Gasteiger charge is -2.34. The zero-order valence-electron chi connectivity index (χ0n) is 19.3. The van der Waals surface area contributed by atoms with E-state index in [1.165, 1.54) is 30.5 Å². The normalized spacial score (nSPS) is 17.9. The number of ether oxygens (including phenoxy) is 1. The van der Waals surface area contributed by atoms with Crippen molar-refractivity contribution in [1.82, 2.24) is 9.88 Å². The molecule has 3 rings (SSSR count). The third kappa shape index (κ3) is 5.76. The maximum atomic E-state index is 12.7. The van der Waals surface area contributed by atoms with Crippen LogP contribution in [0.4, 0.5) is 24.7 Å². The fraction of sp³-hybridized carbons (Fsp3) is 0.391. The van der Waals surface area contributed by atoms with Gasteiger partial charge in [-0.05, 0) is 68.4 Å². The Balaban J connectivity index is 1.96. The molecule has 1 fully saturated rings. The lowest BCUT2D eigenvalue weighted by molar-refractivity contribution is -0.131. The van der Waals surface area contributed by atoms with Crippen molar-refractivity contribution in [3.05, 3.63) is 47.7 Å². The second-order valence-corrected chi connectivity index (χ2v) is 9.52. The largest absolute Gasteiger partial charge is 0.462 e. The molecule has 1 unspecified atom stereocenters. The van der Waals surface area contributed by atoms with Crippen LogP contribution in [0.25, 0.3) is 0 Å². The van der Waals surface area contributed by atoms with Crippen LogP contribution in [0.2, 0.25) is 0 Å². The predicted octanol–water partition coefficient (Wildman–Crippen LogP) is 3.65. The summed E-state index contributed by atoms with van der Waals surface area (Å²) in [5, 5.41) is 0. The zero-order valence-corrected chi connectivity index (χ0v) is 20.2. The number of hydrogen-bond donors (Lipinski definition) is 1. The molecule has 0 spiro atoms. The van der Waals surface area contributed by atoms with Gasteiger partial charge < -0.3 is 15.4 Å². The minimum atomic E-state index is -4.42. The molecular formula is C23H25F3N4O4S. The van der Waals surface area contributed by atoms with Gasteiger partial charge >= 0.3 is 11.5 Å². The number of nitrogen functional groups attached to an aromatic ring is 1. The number of esters is 1. The first kappa shape index (κ1) is 26.5. The number of aldehydes is 1. The molecule has 1 aromatic carbocycles. The molecule has 1 aliphatic heterocycles. The summed E-state index contributed by atoms with van der Waals surface area (Å²) >= 11 is -0.238. The van der Waals surface area contributed by atoms with Crippen LogP contribution >= 0.6 is 11.8 Å². The zero-order chi connectivity index (χ0) is 26.0. The number of anilines is 2. The molecule has 0 radical (unpaired) electrons. The van der Waals surface area contributed by atoms with E-state index >= 15 is 0 Å². The second-order valence-electron chi connectivity index (χ2n) is 8.38. The molecule has 188 valence electrons. The van der Waals surface area contributed by atoms with Gasteiger partial charge in [0, 0.05) is 28.9 Å². The van der Waals surface area contributed by atoms with Gasteiger partial charge in [0.25, 0.3) is 0 Å². The van der Waals surface area contributed by atoms with E-state index < -0.39 is 28.8 Å². The van der Waals surface area contributed by atoms with Crippen LogP contribution in [-0.4, -0.2) is 58.3 Å². The highest BCUT2D eigenvalue weighted by Gasteiger charge is 2.50. The summed E-state index contributed by atoms with van der Waals surface area (Å²) in [6, 6.07) is 6.30. The summed E-state index contributed by atoms with van der Waals surface area (Å²) in [4.78, 5) is 44.2. The molecule has 2 N–H and O–H groups in total. The van der Waals surface area contributed by atoms with Crippen molar-refractivity contribution < 1.29 is 32.3 Å². The first-order chi connectivity index (χ1) is 16.4. The third-order valence-corrected chi connectivity index (χ3v) is 6.55. The average Bonchev–Trinajstić information content (AvgIpc) is 3.03. The molecule has 1 aromatic heterocycles. The van der Waals surface area contributed by atoms with Crippen LogP contribution in [0.5, 0.6) is 0 Å². The number of nitrogens with two attached hydrogens (primary N) is 1. The van der Waals surface area contributed by atoms with Gasteiger partial charge in [-0.3, -0.25) is 14.5 Å². The standard InChI is InChI=1S/C23H25F3N4O4S/c1-4-34-21(33)18-14(9-10-28-20(18)27)11-29-13-30(19(17(32)12-31)22(29,2)3)15-5-7-16(8-6-15)35-23(24,25)26/h5-10,12,19H,4,11,13H2,1-3H3,(H2,27,28). The monoisotopic (exact) mass is 510 g/mol. The quantitative estimate of drug-likeness (QED) is 0.247. The molecule has 0 aliphatic carbocycles. The minimum Gasteiger partial charge on any atom is -0.462 e. The molecule has 8 nitrogen and oxygen atoms in total. The number of rotatable bonds is 8. The second kappa shape index (κ2) is 10.2. The Morgan fingerprint density at radius 2 is 1.91 bits per heavy atom. The van der Waals surface area contributed by atoms with Gasteiger partial charge in [0.15, 0.2) is 6.29 Å². The van der Waals surface area contributed by atoms with Crippen LogP contribution in [0.1, 0.15) is 36.7 Å². The molecule has 0 bridgehead atoms. The van der Waals surface area contributed by atoms with Gasteiger partial charge in [-0.25, -0.2) is 9.78 Å². The van der Waals surface area contributed by atoms with Crippen LogP contribution in [-0.2, 0) is 20.9 Å². The van der Waals surface area contributed by atoms with Crippen molar-refractivity contribution in [3.63, 3.8) is 0 Å². The Morgan fingerprint density at radius 1 is 1.26 bits per heavy atom. The highest BCUT2D eigenvalue weighted by molar-refractivity contribution is 8.00. The Labute approximate surface area is 204 Å². The van der Waals surface area contributed by atoms with Crippen LogP contribution in [0.15, 0.2) is 41.4 Å². The third-order valence-electron chi connectivity index (χ3n) is 5.81. The van der Waals surface area contributed by atoms with E-state index in [-0.39, 0.29) is 54.1 Å². The smallest absolute Gasteiger partial charge is 0.446 e. The van der Waals surface area contributed by atoms with E-state index in [2.05, 4.69) is 4.98 Å². The number of thioether (sulfide) groups is 1. The number of pyridine rings is 1. The van der Waals surface area contributed by atoms with Crippen LogP contribution < -0.4 is 10.6 Å². The number of nitrogens with zero attached hydrogens (tertiary/aromatic N) is 3. The number of Topliss-reactive ketones (excluding diaryl/α,β-unsaturated/α-hetero) is 1. The van der Waals surface area contributed by atoms with Crippen molar-refractivity contribution in [1.29, 1.82) is 0 Å². The van der Waals surface area contributed by atoms with Crippen molar-refractivity contribution >= 4 is 41.3 Å². The minimum absolute atomic E-state index is 0.00108. The molecule has 1 atom stereocenters. The highest BCUT2D eigenvalue weighted by atomic mass is 32.2. The summed E-state index contributed by atoms with van der Waals surface area (Å²) < 4.78 is 43.2. The van der Waals surface area contributed by atoms with Crippen molar-refractivity contribution in [2.45, 2.75) is 49.3 Å². The SMILES string of the molecule is CCOC(=O)c1c(CN2CN(c3ccc(SC(F)(F)F)cc3)C(C(=O)C=O)C2(C)C)ccnc1N. The summed E-state index contributed by atoms with van der Waals surface area (Å²) in [7, 11) is 0. The fourth-order valence-electron chi connectivity index (χ4n) is 4.19. The number of alkyl halides is 3. The number of aromatic nitrogens is 1. The summed E-state index contributed by atoms with van der Waals surface area (Å²) in [5.74, 6) is -1.29. The van der Waals surface area contributed by atoms with Gasteiger partial charge in [0.1, 0.15) is 17.4 Å². The molecule has 2 heterocycles. The van der Waals surface area contributed by atoms with Gasteiger partial charge in [0.2, 0.25) is 5.78 Å². The van der Waals surface area contributed by atoms with E-state index in [1.807, 2.05) is 4.90 Å². The van der Waals surface area contributed by atoms with Gasteiger partial charge in [-0.1, -0.05) is 0 Å². The lowest BCUT2D eigenvalue weighted by Crippen LogP contribution is -2.51. The molecule has 35 heavy (non-hydrogen) atoms. The molecule has 2 aromatic rings. The molecule has 0 saturated carbocycles. The highest BCUT2D eigenvalue weighted by Crippen LogP contribution is 2.40. The van der Waals surface area contributed by atoms with Gasteiger partial charge in [-0.2, -0.15) is 13.2 Å². The molecule has 0 amide bonds. The maximum absolute atomic E-state index is 12.7. The molecule has 12 heteroatoms. The number of ketones is 1. The van der Waals surface area contributed by atoms with Crippen LogP contribution in [0, 0.1) is 0 Å². The summed E-state index contributed by atoms with van der Waals surface area (Å²) in [6.07, 6.45) is 1.70. The van der Waals surface area contributed by atoms with E-state index in [0.717, 1.165) is 0 Å². The lowest BCUT2D eigenvalue weighted by atomic mass is 9.90. The van der Waals surface area contributed by atoms with Gasteiger partial charge in [-0.15, -0.1) is 0 Å². The predicted molar refractivity (Wildman–Crippen MR) is 125 cm³/mol. The first-order valence-electron chi connectivity index (χ1n) is 10.7. The Morgan fingerprint density at radius 3 is 2.49 bits per heavy atom. The van der Waals surface area contributed by atoms with E-state index in [4.69, 9.17) is 10.5 Å². The Hall–Kier alpha value is -3.12. The van der Waals surface area contributed by atoms with Crippen molar-refractivity contribution in [2.75, 3.05) is 23.9 Å². The average molecular weight is 511 g/mol. The number of halogens is 3. The Bertz CT molecular complexity index is 1110. The molecule has 1 saturated heterocycles. The van der Waals surface area contributed by atoms with E-state index in [9.17, 15) is 27.6 Å². The topological polar surface area (TPSA) is 106 Å². The van der Waals surface area contributed by atoms with E-state index in [1.54, 1.807) is 31.7 Å². The maximum Gasteiger partial charge on any atom is 0.446 e. The molecular weight excluding hydrogens is 485 g/mol. The summed E-state index contributed by atoms with van der Waals surface area (Å²) in [5.41, 5.74) is 1.76. The Kier molecular flexibility index (Phi) is 7.75. The first-order valence-corrected chi connectivity index (χ1v) is 11.5. The van der Waals surface area contributed by atoms with Crippen molar-refractivity contribution in [3.8, 4) is 0 Å². The van der Waals surface area contributed by atoms with Crippen molar-refractivity contribution in [2.24, 2.45) is 0 Å².